The molecular formula is C12H21NO. The van der Waals surface area contributed by atoms with Crippen LogP contribution in [0.3, 0.4) is 0 Å². The molecule has 2 nitrogen and oxygen atoms in total. The third-order valence-electron chi connectivity index (χ3n) is 3.79. The molecule has 2 fully saturated rings. The highest BCUT2D eigenvalue weighted by molar-refractivity contribution is 5.79. The van der Waals surface area contributed by atoms with Crippen LogP contribution in [0.25, 0.3) is 0 Å². The number of carbonyl (C=O) groups excluding carboxylic acids is 1. The third-order valence-corrected chi connectivity index (χ3v) is 3.79. The van der Waals surface area contributed by atoms with E-state index >= 15 is 0 Å². The van der Waals surface area contributed by atoms with E-state index in [-0.39, 0.29) is 0 Å². The van der Waals surface area contributed by atoms with Crippen molar-refractivity contribution in [2.45, 2.75) is 58.4 Å². The molecule has 2 rings (SSSR count). The first-order chi connectivity index (χ1) is 6.57. The molecule has 1 amide bonds. The average molecular weight is 195 g/mol. The standard InChI is InChI=1S/C12H21NO/c1-12(2)7-6-10(8-12)13-11(14)9-4-3-5-9/h9-10H,3-8H2,1-2H3,(H,13,14). The van der Waals surface area contributed by atoms with E-state index in [2.05, 4.69) is 19.2 Å². The molecule has 0 saturated heterocycles. The molecule has 2 aliphatic rings. The SMILES string of the molecule is CC1(C)CCC(NC(=O)C2CCC2)C1. The van der Waals surface area contributed by atoms with Crippen LogP contribution in [-0.4, -0.2) is 11.9 Å². The van der Waals surface area contributed by atoms with Gasteiger partial charge in [-0.15, -0.1) is 0 Å². The summed E-state index contributed by atoms with van der Waals surface area (Å²) in [6.07, 6.45) is 7.05. The monoisotopic (exact) mass is 195 g/mol. The van der Waals surface area contributed by atoms with Gasteiger partial charge in [0.1, 0.15) is 0 Å². The lowest BCUT2D eigenvalue weighted by Gasteiger charge is -2.26. The Balaban J connectivity index is 1.78. The van der Waals surface area contributed by atoms with Crippen LogP contribution < -0.4 is 5.32 Å². The molecule has 0 aromatic carbocycles. The molecule has 0 heterocycles. The molecule has 0 aromatic heterocycles. The minimum absolute atomic E-state index is 0.318. The van der Waals surface area contributed by atoms with Crippen molar-refractivity contribution in [2.75, 3.05) is 0 Å². The Morgan fingerprint density at radius 3 is 2.43 bits per heavy atom. The summed E-state index contributed by atoms with van der Waals surface area (Å²) in [5.74, 6) is 0.665. The van der Waals surface area contributed by atoms with Gasteiger partial charge >= 0.3 is 0 Å². The molecule has 0 aromatic rings. The molecule has 80 valence electrons. The predicted octanol–water partition coefficient (Wildman–Crippen LogP) is 2.48. The van der Waals surface area contributed by atoms with E-state index in [9.17, 15) is 4.79 Å². The molecular weight excluding hydrogens is 174 g/mol. The summed E-state index contributed by atoms with van der Waals surface area (Å²) in [5.41, 5.74) is 0.442. The number of hydrogen-bond donors (Lipinski definition) is 1. The van der Waals surface area contributed by atoms with Gasteiger partial charge in [-0.25, -0.2) is 0 Å². The molecule has 0 aliphatic heterocycles. The highest BCUT2D eigenvalue weighted by Crippen LogP contribution is 2.37. The van der Waals surface area contributed by atoms with Gasteiger partial charge in [0.2, 0.25) is 5.91 Å². The summed E-state index contributed by atoms with van der Waals surface area (Å²) in [5, 5.41) is 3.20. The molecule has 2 aliphatic carbocycles. The Morgan fingerprint density at radius 2 is 2.00 bits per heavy atom. The molecule has 0 bridgehead atoms. The van der Waals surface area contributed by atoms with Gasteiger partial charge < -0.3 is 5.32 Å². The van der Waals surface area contributed by atoms with E-state index in [1.54, 1.807) is 0 Å². The smallest absolute Gasteiger partial charge is 0.223 e. The zero-order valence-electron chi connectivity index (χ0n) is 9.31. The van der Waals surface area contributed by atoms with E-state index in [4.69, 9.17) is 0 Å². The van der Waals surface area contributed by atoms with Crippen molar-refractivity contribution in [3.8, 4) is 0 Å². The lowest BCUT2D eigenvalue weighted by Crippen LogP contribution is -2.40. The highest BCUT2D eigenvalue weighted by Gasteiger charge is 2.33. The molecule has 1 unspecified atom stereocenters. The van der Waals surface area contributed by atoms with Crippen molar-refractivity contribution in [2.24, 2.45) is 11.3 Å². The van der Waals surface area contributed by atoms with Crippen molar-refractivity contribution in [3.05, 3.63) is 0 Å². The number of carbonyl (C=O) groups is 1. The van der Waals surface area contributed by atoms with Gasteiger partial charge in [0.15, 0.2) is 0 Å². The average Bonchev–Trinajstić information content (AvgIpc) is 2.25. The number of amides is 1. The fourth-order valence-corrected chi connectivity index (χ4v) is 2.55. The minimum atomic E-state index is 0.318. The molecule has 1 atom stereocenters. The fourth-order valence-electron chi connectivity index (χ4n) is 2.55. The van der Waals surface area contributed by atoms with Crippen molar-refractivity contribution in [1.82, 2.24) is 5.32 Å². The van der Waals surface area contributed by atoms with E-state index in [0.717, 1.165) is 19.3 Å². The second kappa shape index (κ2) is 3.56. The number of hydrogen-bond acceptors (Lipinski definition) is 1. The van der Waals surface area contributed by atoms with Crippen LogP contribution in [0, 0.1) is 11.3 Å². The summed E-state index contributed by atoms with van der Waals surface area (Å²) in [6, 6.07) is 0.457. The zero-order chi connectivity index (χ0) is 10.2. The summed E-state index contributed by atoms with van der Waals surface area (Å²) in [6.45, 7) is 4.59. The quantitative estimate of drug-likeness (QED) is 0.720. The van der Waals surface area contributed by atoms with Crippen LogP contribution >= 0.6 is 0 Å². The normalized spacial score (nSPS) is 31.1. The second-order valence-corrected chi connectivity index (χ2v) is 5.74. The van der Waals surface area contributed by atoms with E-state index in [1.165, 1.54) is 19.3 Å². The first kappa shape index (κ1) is 10.0. The van der Waals surface area contributed by atoms with Crippen LogP contribution in [0.15, 0.2) is 0 Å². The Bertz CT molecular complexity index is 230. The largest absolute Gasteiger partial charge is 0.353 e. The Labute approximate surface area is 86.5 Å². The Morgan fingerprint density at radius 1 is 1.29 bits per heavy atom. The molecule has 14 heavy (non-hydrogen) atoms. The van der Waals surface area contributed by atoms with Gasteiger partial charge in [0.05, 0.1) is 0 Å². The third kappa shape index (κ3) is 2.10. The first-order valence-electron chi connectivity index (χ1n) is 5.87. The lowest BCUT2D eigenvalue weighted by molar-refractivity contribution is -0.128. The van der Waals surface area contributed by atoms with E-state index in [0.29, 0.717) is 23.3 Å². The Hall–Kier alpha value is -0.530. The predicted molar refractivity (Wildman–Crippen MR) is 56.9 cm³/mol. The molecule has 2 heteroatoms. The van der Waals surface area contributed by atoms with Gasteiger partial charge in [0, 0.05) is 12.0 Å². The number of rotatable bonds is 2. The maximum absolute atomic E-state index is 11.7. The molecule has 1 N–H and O–H groups in total. The molecule has 2 saturated carbocycles. The molecule has 0 radical (unpaired) electrons. The first-order valence-corrected chi connectivity index (χ1v) is 5.87. The Kier molecular flexibility index (Phi) is 2.54. The highest BCUT2D eigenvalue weighted by atomic mass is 16.2. The van der Waals surface area contributed by atoms with Gasteiger partial charge in [-0.3, -0.25) is 4.79 Å². The van der Waals surface area contributed by atoms with Crippen molar-refractivity contribution in [1.29, 1.82) is 0 Å². The van der Waals surface area contributed by atoms with Gasteiger partial charge in [0.25, 0.3) is 0 Å². The van der Waals surface area contributed by atoms with Gasteiger partial charge in [-0.2, -0.15) is 0 Å². The number of nitrogens with one attached hydrogen (secondary N) is 1. The van der Waals surface area contributed by atoms with Gasteiger partial charge in [-0.1, -0.05) is 20.3 Å². The van der Waals surface area contributed by atoms with Crippen molar-refractivity contribution < 1.29 is 4.79 Å². The van der Waals surface area contributed by atoms with Crippen LogP contribution in [-0.2, 0) is 4.79 Å². The van der Waals surface area contributed by atoms with E-state index < -0.39 is 0 Å². The van der Waals surface area contributed by atoms with E-state index in [1.807, 2.05) is 0 Å². The topological polar surface area (TPSA) is 29.1 Å². The second-order valence-electron chi connectivity index (χ2n) is 5.74. The lowest BCUT2D eigenvalue weighted by atomic mass is 9.84. The minimum Gasteiger partial charge on any atom is -0.353 e. The van der Waals surface area contributed by atoms with Crippen LogP contribution in [0.4, 0.5) is 0 Å². The summed E-state index contributed by atoms with van der Waals surface area (Å²) in [7, 11) is 0. The van der Waals surface area contributed by atoms with Crippen molar-refractivity contribution >= 4 is 5.91 Å². The maximum Gasteiger partial charge on any atom is 0.223 e. The van der Waals surface area contributed by atoms with Gasteiger partial charge in [-0.05, 0) is 37.5 Å². The molecule has 0 spiro atoms. The fraction of sp³-hybridized carbons (Fsp3) is 0.917. The maximum atomic E-state index is 11.7. The summed E-state index contributed by atoms with van der Waals surface area (Å²) in [4.78, 5) is 11.7. The summed E-state index contributed by atoms with van der Waals surface area (Å²) < 4.78 is 0. The zero-order valence-corrected chi connectivity index (χ0v) is 9.31. The van der Waals surface area contributed by atoms with Crippen LogP contribution in [0.5, 0.6) is 0 Å². The van der Waals surface area contributed by atoms with Crippen LogP contribution in [0.2, 0.25) is 0 Å². The van der Waals surface area contributed by atoms with Crippen molar-refractivity contribution in [3.63, 3.8) is 0 Å². The summed E-state index contributed by atoms with van der Waals surface area (Å²) >= 11 is 0. The van der Waals surface area contributed by atoms with Crippen LogP contribution in [0.1, 0.15) is 52.4 Å².